The van der Waals surface area contributed by atoms with Gasteiger partial charge in [0, 0.05) is 0 Å². The molecule has 0 radical (unpaired) electrons. The van der Waals surface area contributed by atoms with Gasteiger partial charge in [0.15, 0.2) is 15.8 Å². The molecule has 0 saturated carbocycles. The van der Waals surface area contributed by atoms with E-state index in [0.717, 1.165) is 25.7 Å². The summed E-state index contributed by atoms with van der Waals surface area (Å²) in [6, 6.07) is 30.4. The van der Waals surface area contributed by atoms with E-state index in [0.29, 0.717) is 23.0 Å². The predicted molar refractivity (Wildman–Crippen MR) is 140 cm³/mol. The number of hydrogen-bond acceptors (Lipinski definition) is 6. The number of benzene rings is 4. The number of allylic oxidation sites excluding steroid dienone is 1. The van der Waals surface area contributed by atoms with Crippen molar-refractivity contribution in [3.05, 3.63) is 101 Å². The first-order valence-corrected chi connectivity index (χ1v) is 12.3. The first-order chi connectivity index (χ1) is 16.7. The maximum absolute atomic E-state index is 9.68. The molecule has 0 atom stereocenters. The van der Waals surface area contributed by atoms with E-state index in [9.17, 15) is 5.26 Å². The van der Waals surface area contributed by atoms with E-state index < -0.39 is 0 Å². The summed E-state index contributed by atoms with van der Waals surface area (Å²) in [5.41, 5.74) is 2.92. The van der Waals surface area contributed by atoms with Crippen LogP contribution in [0.1, 0.15) is 11.1 Å². The molecule has 1 aromatic heterocycles. The first kappa shape index (κ1) is 22.0. The van der Waals surface area contributed by atoms with Gasteiger partial charge in [0.05, 0.1) is 22.2 Å². The Labute approximate surface area is 206 Å². The van der Waals surface area contributed by atoms with Gasteiger partial charge in [-0.3, -0.25) is 0 Å². The Morgan fingerprint density at radius 2 is 1.82 bits per heavy atom. The molecule has 0 N–H and O–H groups in total. The number of thiazole rings is 1. The second-order valence-corrected chi connectivity index (χ2v) is 9.83. The monoisotopic (exact) mass is 480 g/mol. The molecule has 0 aliphatic heterocycles. The molecule has 0 saturated heterocycles. The summed E-state index contributed by atoms with van der Waals surface area (Å²) in [6.45, 7) is 0.434. The van der Waals surface area contributed by atoms with Crippen molar-refractivity contribution in [3.63, 3.8) is 0 Å². The Kier molecular flexibility index (Phi) is 6.48. The van der Waals surface area contributed by atoms with E-state index in [4.69, 9.17) is 9.47 Å². The van der Waals surface area contributed by atoms with Crippen molar-refractivity contribution in [3.8, 4) is 17.6 Å². The first-order valence-electron chi connectivity index (χ1n) is 10.7. The van der Waals surface area contributed by atoms with Crippen LogP contribution in [-0.4, -0.2) is 12.1 Å². The lowest BCUT2D eigenvalue weighted by molar-refractivity contribution is 0.285. The Bertz CT molecular complexity index is 1510. The van der Waals surface area contributed by atoms with Crippen molar-refractivity contribution >= 4 is 50.2 Å². The van der Waals surface area contributed by atoms with Crippen molar-refractivity contribution in [2.45, 2.75) is 10.9 Å². The van der Waals surface area contributed by atoms with Crippen LogP contribution in [0.4, 0.5) is 0 Å². The Morgan fingerprint density at radius 1 is 1.00 bits per heavy atom. The van der Waals surface area contributed by atoms with E-state index in [-0.39, 0.29) is 0 Å². The summed E-state index contributed by atoms with van der Waals surface area (Å²) in [4.78, 5) is 5.17. The summed E-state index contributed by atoms with van der Waals surface area (Å²) >= 11 is 2.95. The Balaban J connectivity index is 1.35. The molecule has 0 spiro atoms. The normalized spacial score (nSPS) is 11.5. The highest BCUT2D eigenvalue weighted by Gasteiger charge is 2.10. The third kappa shape index (κ3) is 4.76. The number of nitrogens with zero attached hydrogens (tertiary/aromatic N) is 2. The molecule has 5 rings (SSSR count). The van der Waals surface area contributed by atoms with Crippen LogP contribution < -0.4 is 9.47 Å². The van der Waals surface area contributed by atoms with Crippen LogP contribution in [0.25, 0.3) is 27.1 Å². The number of thioether (sulfide) groups is 1. The lowest BCUT2D eigenvalue weighted by atomic mass is 10.1. The number of fused-ring (bicyclic) bond motifs is 2. The third-order valence-electron chi connectivity index (χ3n) is 5.33. The van der Waals surface area contributed by atoms with Gasteiger partial charge >= 0.3 is 0 Å². The molecule has 4 aromatic carbocycles. The molecule has 166 valence electrons. The van der Waals surface area contributed by atoms with E-state index in [1.165, 1.54) is 22.5 Å². The number of hydrogen-bond donors (Lipinski definition) is 0. The maximum atomic E-state index is 9.68. The van der Waals surface area contributed by atoms with Gasteiger partial charge in [0.25, 0.3) is 0 Å². The molecule has 0 amide bonds. The third-order valence-corrected chi connectivity index (χ3v) is 7.36. The van der Waals surface area contributed by atoms with Crippen molar-refractivity contribution in [1.29, 1.82) is 5.26 Å². The number of aromatic nitrogens is 1. The SMILES string of the molecule is COc1cc(/C=C(\C#N)Sc2nc3ccccc3s2)ccc1OCc1cccc2ccccc12. The average molecular weight is 481 g/mol. The smallest absolute Gasteiger partial charge is 0.161 e. The van der Waals surface area contributed by atoms with Crippen LogP contribution in [0.15, 0.2) is 94.2 Å². The number of rotatable bonds is 7. The predicted octanol–water partition coefficient (Wildman–Crippen LogP) is 7.69. The van der Waals surface area contributed by atoms with E-state index in [1.54, 1.807) is 18.4 Å². The molecule has 0 aliphatic rings. The molecular weight excluding hydrogens is 460 g/mol. The molecule has 0 fully saturated rings. The van der Waals surface area contributed by atoms with Crippen molar-refractivity contribution < 1.29 is 9.47 Å². The lowest BCUT2D eigenvalue weighted by Gasteiger charge is -2.13. The maximum Gasteiger partial charge on any atom is 0.161 e. The zero-order chi connectivity index (χ0) is 23.3. The van der Waals surface area contributed by atoms with Crippen molar-refractivity contribution in [2.24, 2.45) is 0 Å². The van der Waals surface area contributed by atoms with Gasteiger partial charge < -0.3 is 9.47 Å². The fraction of sp³-hybridized carbons (Fsp3) is 0.0714. The van der Waals surface area contributed by atoms with Crippen LogP contribution in [0.2, 0.25) is 0 Å². The molecule has 0 unspecified atom stereocenters. The van der Waals surface area contributed by atoms with Gasteiger partial charge in [0.1, 0.15) is 12.7 Å². The molecule has 0 aliphatic carbocycles. The van der Waals surface area contributed by atoms with Crippen LogP contribution >= 0.6 is 23.1 Å². The zero-order valence-corrected chi connectivity index (χ0v) is 20.0. The Hall–Kier alpha value is -3.79. The van der Waals surface area contributed by atoms with Gasteiger partial charge in [0.2, 0.25) is 0 Å². The molecule has 5 aromatic rings. The second-order valence-electron chi connectivity index (χ2n) is 7.51. The zero-order valence-electron chi connectivity index (χ0n) is 18.4. The van der Waals surface area contributed by atoms with Crippen molar-refractivity contribution in [2.75, 3.05) is 7.11 Å². The molecule has 34 heavy (non-hydrogen) atoms. The fourth-order valence-electron chi connectivity index (χ4n) is 3.69. The van der Waals surface area contributed by atoms with Crippen molar-refractivity contribution in [1.82, 2.24) is 4.98 Å². The van der Waals surface area contributed by atoms with Crippen LogP contribution in [-0.2, 0) is 6.61 Å². The van der Waals surface area contributed by atoms with Gasteiger partial charge in [-0.1, -0.05) is 60.7 Å². The largest absolute Gasteiger partial charge is 0.493 e. The summed E-state index contributed by atoms with van der Waals surface area (Å²) in [5, 5.41) is 12.0. The summed E-state index contributed by atoms with van der Waals surface area (Å²) < 4.78 is 13.6. The highest BCUT2D eigenvalue weighted by Crippen LogP contribution is 2.36. The van der Waals surface area contributed by atoms with Crippen LogP contribution in [0, 0.1) is 11.3 Å². The minimum absolute atomic E-state index is 0.434. The Morgan fingerprint density at radius 3 is 2.68 bits per heavy atom. The summed E-state index contributed by atoms with van der Waals surface area (Å²) in [6.07, 6.45) is 1.84. The summed E-state index contributed by atoms with van der Waals surface area (Å²) in [5.74, 6) is 1.28. The van der Waals surface area contributed by atoms with Crippen LogP contribution in [0.5, 0.6) is 11.5 Å². The van der Waals surface area contributed by atoms with Crippen LogP contribution in [0.3, 0.4) is 0 Å². The van der Waals surface area contributed by atoms with E-state index in [1.807, 2.05) is 66.7 Å². The lowest BCUT2D eigenvalue weighted by Crippen LogP contribution is -1.98. The number of para-hydroxylation sites is 1. The summed E-state index contributed by atoms with van der Waals surface area (Å²) in [7, 11) is 1.62. The van der Waals surface area contributed by atoms with Gasteiger partial charge in [-0.15, -0.1) is 11.3 Å². The quantitative estimate of drug-likeness (QED) is 0.176. The molecule has 4 nitrogen and oxygen atoms in total. The highest BCUT2D eigenvalue weighted by atomic mass is 32.2. The minimum Gasteiger partial charge on any atom is -0.493 e. The van der Waals surface area contributed by atoms with Gasteiger partial charge in [-0.05, 0) is 64.0 Å². The second kappa shape index (κ2) is 10.0. The molecule has 0 bridgehead atoms. The highest BCUT2D eigenvalue weighted by molar-refractivity contribution is 8.05. The average Bonchev–Trinajstić information content (AvgIpc) is 3.29. The number of nitriles is 1. The van der Waals surface area contributed by atoms with E-state index >= 15 is 0 Å². The topological polar surface area (TPSA) is 55.1 Å². The van der Waals surface area contributed by atoms with Gasteiger partial charge in [-0.2, -0.15) is 5.26 Å². The minimum atomic E-state index is 0.434. The molecular formula is C28H20N2O2S2. The molecule has 6 heteroatoms. The fourth-order valence-corrected chi connectivity index (χ4v) is 5.67. The number of methoxy groups -OCH3 is 1. The van der Waals surface area contributed by atoms with Gasteiger partial charge in [-0.25, -0.2) is 4.98 Å². The number of ether oxygens (including phenoxy) is 2. The standard InChI is InChI=1S/C28H20N2O2S2/c1-31-26-16-19(15-22(17-29)33-28-30-24-11-4-5-12-27(24)34-28)13-14-25(26)32-18-21-9-6-8-20-7-2-3-10-23(20)21/h2-16H,18H2,1H3/b22-15+. The molecule has 1 heterocycles. The van der Waals surface area contributed by atoms with E-state index in [2.05, 4.69) is 35.3 Å².